The van der Waals surface area contributed by atoms with Crippen molar-refractivity contribution in [2.75, 3.05) is 6.54 Å². The number of aliphatic hydroxyl groups excluding tert-OH is 2. The van der Waals surface area contributed by atoms with Gasteiger partial charge in [0.15, 0.2) is 0 Å². The second kappa shape index (κ2) is 5.78. The maximum atomic E-state index is 12.6. The van der Waals surface area contributed by atoms with Crippen molar-refractivity contribution < 1.29 is 19.8 Å². The minimum absolute atomic E-state index is 0.156. The van der Waals surface area contributed by atoms with E-state index in [4.69, 9.17) is 23.3 Å². The van der Waals surface area contributed by atoms with Crippen molar-refractivity contribution in [2.45, 2.75) is 12.5 Å². The summed E-state index contributed by atoms with van der Waals surface area (Å²) in [4.78, 5) is 28.2. The third-order valence-electron chi connectivity index (χ3n) is 3.57. The Morgan fingerprint density at radius 1 is 1.52 bits per heavy atom. The van der Waals surface area contributed by atoms with Gasteiger partial charge in [-0.1, -0.05) is 18.2 Å². The molecule has 23 heavy (non-hydrogen) atoms. The van der Waals surface area contributed by atoms with Crippen LogP contribution < -0.4 is 5.32 Å². The second-order valence-corrected chi connectivity index (χ2v) is 5.61. The number of rotatable bonds is 3. The number of ketones is 1. The molecule has 0 radical (unpaired) electrons. The number of Topliss-reactive ketones (excluding diaryl/α,β-unsaturated/α-hetero) is 1. The highest BCUT2D eigenvalue weighted by Crippen LogP contribution is 2.41. The molecule has 1 aliphatic rings. The van der Waals surface area contributed by atoms with Gasteiger partial charge in [0, 0.05) is 17.5 Å². The summed E-state index contributed by atoms with van der Waals surface area (Å²) in [6.07, 6.45) is 0. The largest absolute Gasteiger partial charge is 0.511 e. The van der Waals surface area contributed by atoms with Gasteiger partial charge >= 0.3 is 5.54 Å². The first kappa shape index (κ1) is 16.6. The molecule has 1 atom stereocenters. The van der Waals surface area contributed by atoms with Gasteiger partial charge in [0.05, 0.1) is 12.1 Å². The van der Waals surface area contributed by atoms with E-state index >= 15 is 0 Å². The Hall–Kier alpha value is -2.78. The summed E-state index contributed by atoms with van der Waals surface area (Å²) in [6.45, 7) is 11.7. The molecular weight excluding hydrogens is 320 g/mol. The summed E-state index contributed by atoms with van der Waals surface area (Å²) in [5, 5.41) is 21.9. The van der Waals surface area contributed by atoms with Crippen molar-refractivity contribution in [1.29, 1.82) is 0 Å². The fourth-order valence-corrected chi connectivity index (χ4v) is 2.51. The molecule has 0 spiro atoms. The summed E-state index contributed by atoms with van der Waals surface area (Å²) in [6, 6.07) is 4.37. The van der Waals surface area contributed by atoms with Gasteiger partial charge < -0.3 is 15.5 Å². The van der Waals surface area contributed by atoms with Crippen LogP contribution >= 0.6 is 11.6 Å². The SMILES string of the molecule is [C-]#[N+][C@]1(C)C(=O)C(C(=O)NCC(=C)O)=C(O)c2cc(Cl)ccc21. The van der Waals surface area contributed by atoms with E-state index in [9.17, 15) is 14.7 Å². The standard InChI is InChI=1S/C16H13ClN2O4/c1-8(20)7-19-15(23)12-13(21)10-6-9(17)4-5-11(10)16(2,18-3)14(12)22/h4-6,20-21H,1,7H2,2H3,(H,19,23)/t16-/m0/s1. The number of aliphatic hydroxyl groups is 2. The average molecular weight is 333 g/mol. The minimum Gasteiger partial charge on any atom is -0.511 e. The lowest BCUT2D eigenvalue weighted by molar-refractivity contribution is -0.124. The van der Waals surface area contributed by atoms with Crippen molar-refractivity contribution in [1.82, 2.24) is 5.32 Å². The second-order valence-electron chi connectivity index (χ2n) is 5.18. The number of fused-ring (bicyclic) bond motifs is 1. The Labute approximate surface area is 137 Å². The number of carbonyl (C=O) groups excluding carboxylic acids is 2. The van der Waals surface area contributed by atoms with Gasteiger partial charge in [-0.15, -0.1) is 0 Å². The molecule has 1 aliphatic carbocycles. The summed E-state index contributed by atoms with van der Waals surface area (Å²) in [5.41, 5.74) is -1.75. The summed E-state index contributed by atoms with van der Waals surface area (Å²) >= 11 is 5.90. The molecule has 0 aromatic heterocycles. The van der Waals surface area contributed by atoms with Crippen LogP contribution in [0.3, 0.4) is 0 Å². The van der Waals surface area contributed by atoms with Gasteiger partial charge in [-0.25, -0.2) is 6.57 Å². The number of nitrogens with zero attached hydrogens (tertiary/aromatic N) is 1. The molecule has 0 unspecified atom stereocenters. The predicted octanol–water partition coefficient (Wildman–Crippen LogP) is 2.51. The van der Waals surface area contributed by atoms with Crippen LogP contribution in [0, 0.1) is 6.57 Å². The van der Waals surface area contributed by atoms with E-state index in [1.807, 2.05) is 0 Å². The van der Waals surface area contributed by atoms with Gasteiger partial charge in [0.1, 0.15) is 17.1 Å². The van der Waals surface area contributed by atoms with Gasteiger partial charge in [0.25, 0.3) is 11.7 Å². The van der Waals surface area contributed by atoms with Crippen LogP contribution in [0.5, 0.6) is 0 Å². The van der Waals surface area contributed by atoms with E-state index in [0.29, 0.717) is 5.02 Å². The first-order chi connectivity index (χ1) is 10.7. The zero-order valence-electron chi connectivity index (χ0n) is 12.2. The maximum Gasteiger partial charge on any atom is 0.317 e. The highest BCUT2D eigenvalue weighted by molar-refractivity contribution is 6.32. The third-order valence-corrected chi connectivity index (χ3v) is 3.81. The van der Waals surface area contributed by atoms with Crippen LogP contribution in [0.15, 0.2) is 36.1 Å². The quantitative estimate of drug-likeness (QED) is 0.450. The van der Waals surface area contributed by atoms with Crippen molar-refractivity contribution in [3.8, 4) is 0 Å². The summed E-state index contributed by atoms with van der Waals surface area (Å²) < 4.78 is 0. The molecular formula is C16H13ClN2O4. The van der Waals surface area contributed by atoms with Crippen LogP contribution in [0.4, 0.5) is 0 Å². The van der Waals surface area contributed by atoms with E-state index in [1.54, 1.807) is 0 Å². The highest BCUT2D eigenvalue weighted by atomic mass is 35.5. The number of halogens is 1. The Morgan fingerprint density at radius 3 is 2.74 bits per heavy atom. The van der Waals surface area contributed by atoms with Crippen molar-refractivity contribution >= 4 is 29.1 Å². The number of hydrogen-bond donors (Lipinski definition) is 3. The molecule has 2 rings (SSSR count). The van der Waals surface area contributed by atoms with Crippen molar-refractivity contribution in [3.05, 3.63) is 63.7 Å². The Balaban J connectivity index is 2.64. The lowest BCUT2D eigenvalue weighted by atomic mass is 9.76. The summed E-state index contributed by atoms with van der Waals surface area (Å²) in [5.74, 6) is -2.57. The molecule has 0 bridgehead atoms. The molecule has 0 heterocycles. The lowest BCUT2D eigenvalue weighted by Crippen LogP contribution is -2.41. The van der Waals surface area contributed by atoms with Crippen LogP contribution in [0.25, 0.3) is 10.6 Å². The van der Waals surface area contributed by atoms with Crippen molar-refractivity contribution in [3.63, 3.8) is 0 Å². The predicted molar refractivity (Wildman–Crippen MR) is 84.7 cm³/mol. The normalized spacial score (nSPS) is 19.8. The van der Waals surface area contributed by atoms with Crippen LogP contribution in [-0.2, 0) is 15.1 Å². The smallest absolute Gasteiger partial charge is 0.317 e. The highest BCUT2D eigenvalue weighted by Gasteiger charge is 2.52. The molecule has 0 fully saturated rings. The number of hydrogen-bond acceptors (Lipinski definition) is 4. The molecule has 6 nitrogen and oxygen atoms in total. The Morgan fingerprint density at radius 2 is 2.17 bits per heavy atom. The molecule has 1 amide bonds. The zero-order chi connectivity index (χ0) is 17.4. The van der Waals surface area contributed by atoms with Gasteiger partial charge in [-0.2, -0.15) is 0 Å². The number of nitrogens with one attached hydrogen (secondary N) is 1. The topological polar surface area (TPSA) is 91.0 Å². The molecule has 3 N–H and O–H groups in total. The number of amides is 1. The average Bonchev–Trinajstić information content (AvgIpc) is 2.50. The third kappa shape index (κ3) is 2.67. The van der Waals surface area contributed by atoms with Gasteiger partial charge in [-0.3, -0.25) is 14.4 Å². The molecule has 118 valence electrons. The van der Waals surface area contributed by atoms with Crippen LogP contribution in [0.2, 0.25) is 5.02 Å². The van der Waals surface area contributed by atoms with E-state index in [-0.39, 0.29) is 23.4 Å². The maximum absolute atomic E-state index is 12.6. The number of benzene rings is 1. The Kier molecular flexibility index (Phi) is 4.17. The monoisotopic (exact) mass is 332 g/mol. The van der Waals surface area contributed by atoms with Gasteiger partial charge in [-0.05, 0) is 18.2 Å². The fraction of sp³-hybridized carbons (Fsp3) is 0.188. The van der Waals surface area contributed by atoms with E-state index in [2.05, 4.69) is 16.7 Å². The zero-order valence-corrected chi connectivity index (χ0v) is 12.9. The van der Waals surface area contributed by atoms with Gasteiger partial charge in [0.2, 0.25) is 0 Å². The molecule has 1 aromatic rings. The minimum atomic E-state index is -1.64. The fourth-order valence-electron chi connectivity index (χ4n) is 2.34. The van der Waals surface area contributed by atoms with Crippen molar-refractivity contribution in [2.24, 2.45) is 0 Å². The lowest BCUT2D eigenvalue weighted by Gasteiger charge is -2.26. The molecule has 0 aliphatic heterocycles. The van der Waals surface area contributed by atoms with E-state index < -0.39 is 28.6 Å². The van der Waals surface area contributed by atoms with Crippen LogP contribution in [0.1, 0.15) is 18.1 Å². The first-order valence-electron chi connectivity index (χ1n) is 6.54. The number of carbonyl (C=O) groups is 2. The van der Waals surface area contributed by atoms with Crippen LogP contribution in [-0.4, -0.2) is 28.4 Å². The molecule has 0 saturated carbocycles. The molecule has 1 aromatic carbocycles. The molecule has 0 saturated heterocycles. The van der Waals surface area contributed by atoms with E-state index in [0.717, 1.165) is 0 Å². The first-order valence-corrected chi connectivity index (χ1v) is 6.92. The summed E-state index contributed by atoms with van der Waals surface area (Å²) in [7, 11) is 0. The molecule has 7 heteroatoms. The Bertz CT molecular complexity index is 807. The van der Waals surface area contributed by atoms with E-state index in [1.165, 1.54) is 25.1 Å².